The molecule has 112 valence electrons. The van der Waals surface area contributed by atoms with Crippen LogP contribution in [0.4, 0.5) is 0 Å². The highest BCUT2D eigenvalue weighted by atomic mass is 79.9. The van der Waals surface area contributed by atoms with E-state index in [-0.39, 0.29) is 0 Å². The Balaban J connectivity index is 1.92. The van der Waals surface area contributed by atoms with Crippen LogP contribution in [0.3, 0.4) is 0 Å². The molecule has 0 fully saturated rings. The normalized spacial score (nSPS) is 11.3. The van der Waals surface area contributed by atoms with Gasteiger partial charge in [0, 0.05) is 19.9 Å². The van der Waals surface area contributed by atoms with Crippen LogP contribution in [0, 0.1) is 11.3 Å². The van der Waals surface area contributed by atoms with Crippen LogP contribution in [0.1, 0.15) is 10.6 Å². The third-order valence-corrected chi connectivity index (χ3v) is 5.11. The maximum absolute atomic E-state index is 9.44. The van der Waals surface area contributed by atoms with E-state index in [2.05, 4.69) is 42.9 Å². The molecule has 0 bridgehead atoms. The maximum Gasteiger partial charge on any atom is 0.134 e. The van der Waals surface area contributed by atoms with Gasteiger partial charge in [-0.1, -0.05) is 56.1 Å². The molecule has 5 heteroatoms. The number of nitrogens with zero attached hydrogens (tertiary/aromatic N) is 2. The van der Waals surface area contributed by atoms with Crippen LogP contribution in [0.2, 0.25) is 0 Å². The van der Waals surface area contributed by atoms with Gasteiger partial charge in [-0.25, -0.2) is 4.98 Å². The zero-order valence-electron chi connectivity index (χ0n) is 11.8. The van der Waals surface area contributed by atoms with Gasteiger partial charge in [-0.15, -0.1) is 11.3 Å². The van der Waals surface area contributed by atoms with Crippen LogP contribution in [0.5, 0.6) is 0 Å². The molecule has 2 nitrogen and oxygen atoms in total. The van der Waals surface area contributed by atoms with Crippen molar-refractivity contribution in [2.75, 3.05) is 0 Å². The van der Waals surface area contributed by atoms with Crippen molar-refractivity contribution in [3.05, 3.63) is 73.4 Å². The summed E-state index contributed by atoms with van der Waals surface area (Å²) in [5, 5.41) is 12.2. The molecule has 0 atom stereocenters. The van der Waals surface area contributed by atoms with Gasteiger partial charge in [0.1, 0.15) is 11.1 Å². The van der Waals surface area contributed by atoms with E-state index in [1.807, 2.05) is 60.0 Å². The highest BCUT2D eigenvalue weighted by molar-refractivity contribution is 9.10. The average Bonchev–Trinajstić information content (AvgIpc) is 3.05. The van der Waals surface area contributed by atoms with Crippen LogP contribution in [-0.2, 0) is 0 Å². The van der Waals surface area contributed by atoms with Crippen molar-refractivity contribution in [1.29, 1.82) is 5.26 Å². The topological polar surface area (TPSA) is 36.7 Å². The fourth-order valence-corrected chi connectivity index (χ4v) is 3.34. The molecule has 0 spiro atoms. The van der Waals surface area contributed by atoms with Crippen LogP contribution in [-0.4, -0.2) is 4.98 Å². The summed E-state index contributed by atoms with van der Waals surface area (Å²) in [7, 11) is 0. The summed E-state index contributed by atoms with van der Waals surface area (Å²) in [5.41, 5.74) is 3.47. The van der Waals surface area contributed by atoms with Gasteiger partial charge in [-0.3, -0.25) is 0 Å². The lowest BCUT2D eigenvalue weighted by molar-refractivity contribution is 1.37. The van der Waals surface area contributed by atoms with Crippen LogP contribution < -0.4 is 0 Å². The average molecular weight is 446 g/mol. The monoisotopic (exact) mass is 444 g/mol. The van der Waals surface area contributed by atoms with E-state index in [9.17, 15) is 5.26 Å². The number of nitriles is 1. The van der Waals surface area contributed by atoms with Gasteiger partial charge < -0.3 is 0 Å². The number of rotatable bonds is 3. The molecule has 0 aliphatic carbocycles. The van der Waals surface area contributed by atoms with Gasteiger partial charge >= 0.3 is 0 Å². The molecule has 0 aliphatic rings. The van der Waals surface area contributed by atoms with Crippen molar-refractivity contribution in [3.8, 4) is 17.3 Å². The Kier molecular flexibility index (Phi) is 5.06. The molecule has 1 heterocycles. The lowest BCUT2D eigenvalue weighted by Gasteiger charge is -1.97. The molecule has 0 saturated heterocycles. The van der Waals surface area contributed by atoms with Crippen molar-refractivity contribution in [1.82, 2.24) is 4.98 Å². The van der Waals surface area contributed by atoms with Crippen molar-refractivity contribution < 1.29 is 0 Å². The Morgan fingerprint density at radius 3 is 2.22 bits per heavy atom. The summed E-state index contributed by atoms with van der Waals surface area (Å²) in [5.74, 6) is 0. The molecular formula is C18H10Br2N2S. The third kappa shape index (κ3) is 3.97. The second kappa shape index (κ2) is 7.22. The van der Waals surface area contributed by atoms with Gasteiger partial charge in [-0.2, -0.15) is 5.26 Å². The van der Waals surface area contributed by atoms with Crippen LogP contribution in [0.15, 0.2) is 62.9 Å². The summed E-state index contributed by atoms with van der Waals surface area (Å²) in [6.45, 7) is 0. The second-order valence-electron chi connectivity index (χ2n) is 4.77. The first-order valence-electron chi connectivity index (χ1n) is 6.75. The molecule has 23 heavy (non-hydrogen) atoms. The third-order valence-electron chi connectivity index (χ3n) is 3.18. The highest BCUT2D eigenvalue weighted by Gasteiger charge is 2.09. The molecule has 3 rings (SSSR count). The van der Waals surface area contributed by atoms with Crippen LogP contribution >= 0.6 is 43.2 Å². The summed E-state index contributed by atoms with van der Waals surface area (Å²) in [6.07, 6.45) is 1.86. The Morgan fingerprint density at radius 2 is 1.61 bits per heavy atom. The van der Waals surface area contributed by atoms with E-state index in [1.165, 1.54) is 11.3 Å². The zero-order chi connectivity index (χ0) is 16.2. The van der Waals surface area contributed by atoms with E-state index >= 15 is 0 Å². The lowest BCUT2D eigenvalue weighted by Crippen LogP contribution is -1.83. The second-order valence-corrected chi connectivity index (χ2v) is 7.46. The quantitative estimate of drug-likeness (QED) is 0.437. The fraction of sp³-hybridized carbons (Fsp3) is 0. The van der Waals surface area contributed by atoms with Gasteiger partial charge in [0.25, 0.3) is 0 Å². The fourth-order valence-electron chi connectivity index (χ4n) is 2.02. The minimum atomic E-state index is 0.570. The van der Waals surface area contributed by atoms with E-state index in [4.69, 9.17) is 0 Å². The Bertz CT molecular complexity index is 888. The molecule has 0 unspecified atom stereocenters. The Hall–Kier alpha value is -1.74. The van der Waals surface area contributed by atoms with Crippen molar-refractivity contribution >= 4 is 54.8 Å². The number of hydrogen-bond donors (Lipinski definition) is 0. The highest BCUT2D eigenvalue weighted by Crippen LogP contribution is 2.28. The predicted molar refractivity (Wildman–Crippen MR) is 103 cm³/mol. The van der Waals surface area contributed by atoms with Crippen molar-refractivity contribution in [3.63, 3.8) is 0 Å². The van der Waals surface area contributed by atoms with E-state index in [1.54, 1.807) is 0 Å². The lowest BCUT2D eigenvalue weighted by atomic mass is 10.1. The molecular weight excluding hydrogens is 436 g/mol. The minimum absolute atomic E-state index is 0.570. The van der Waals surface area contributed by atoms with Gasteiger partial charge in [0.05, 0.1) is 11.3 Å². The minimum Gasteiger partial charge on any atom is -0.235 e. The smallest absolute Gasteiger partial charge is 0.134 e. The van der Waals surface area contributed by atoms with Crippen LogP contribution in [0.25, 0.3) is 22.9 Å². The molecule has 0 saturated carbocycles. The molecule has 0 amide bonds. The molecule has 3 aromatic rings. The number of hydrogen-bond acceptors (Lipinski definition) is 3. The summed E-state index contributed by atoms with van der Waals surface area (Å²) in [4.78, 5) is 4.60. The van der Waals surface area contributed by atoms with Gasteiger partial charge in [0.2, 0.25) is 0 Å². The Morgan fingerprint density at radius 1 is 1.00 bits per heavy atom. The van der Waals surface area contributed by atoms with E-state index in [0.29, 0.717) is 5.57 Å². The predicted octanol–water partition coefficient (Wildman–Crippen LogP) is 6.40. The molecule has 2 aromatic carbocycles. The number of halogens is 2. The molecule has 0 radical (unpaired) electrons. The first kappa shape index (κ1) is 16.1. The van der Waals surface area contributed by atoms with E-state index < -0.39 is 0 Å². The van der Waals surface area contributed by atoms with Gasteiger partial charge in [0.15, 0.2) is 0 Å². The Labute approximate surface area is 155 Å². The molecule has 1 aromatic heterocycles. The molecule has 0 N–H and O–H groups in total. The standard InChI is InChI=1S/C18H10Br2N2S/c19-15-5-1-12(2-6-15)9-14(10-21)18-22-17(11-23-18)13-3-7-16(20)8-4-13/h1-9,11H/b14-9-. The SMILES string of the molecule is N#C/C(=C/c1ccc(Br)cc1)c1nc(-c2ccc(Br)cc2)cs1. The number of thiazole rings is 1. The largest absolute Gasteiger partial charge is 0.235 e. The first-order chi connectivity index (χ1) is 11.2. The number of allylic oxidation sites excluding steroid dienone is 1. The zero-order valence-corrected chi connectivity index (χ0v) is 15.8. The van der Waals surface area contributed by atoms with Crippen molar-refractivity contribution in [2.45, 2.75) is 0 Å². The van der Waals surface area contributed by atoms with Gasteiger partial charge in [-0.05, 0) is 35.9 Å². The molecule has 0 aliphatic heterocycles. The van der Waals surface area contributed by atoms with Crippen molar-refractivity contribution in [2.24, 2.45) is 0 Å². The van der Waals surface area contributed by atoms with E-state index in [0.717, 1.165) is 30.8 Å². The summed E-state index contributed by atoms with van der Waals surface area (Å²) >= 11 is 8.32. The maximum atomic E-state index is 9.44. The first-order valence-corrected chi connectivity index (χ1v) is 9.21. The number of aromatic nitrogens is 1. The number of benzene rings is 2. The summed E-state index contributed by atoms with van der Waals surface area (Å²) in [6, 6.07) is 18.1. The summed E-state index contributed by atoms with van der Waals surface area (Å²) < 4.78 is 2.05.